The lowest BCUT2D eigenvalue weighted by Crippen LogP contribution is -2.46. The van der Waals surface area contributed by atoms with Crippen LogP contribution in [0.2, 0.25) is 0 Å². The third-order valence-corrected chi connectivity index (χ3v) is 7.05. The summed E-state index contributed by atoms with van der Waals surface area (Å²) in [6.07, 6.45) is -0.166. The maximum Gasteiger partial charge on any atom is 0.407 e. The molecule has 0 aromatic heterocycles. The van der Waals surface area contributed by atoms with Crippen molar-refractivity contribution in [3.63, 3.8) is 0 Å². The van der Waals surface area contributed by atoms with Crippen molar-refractivity contribution >= 4 is 38.5 Å². The molecule has 1 saturated heterocycles. The van der Waals surface area contributed by atoms with E-state index in [0.29, 0.717) is 29.5 Å². The van der Waals surface area contributed by atoms with Crippen molar-refractivity contribution in [2.75, 3.05) is 18.4 Å². The third kappa shape index (κ3) is 4.74. The number of nitrogens with zero attached hydrogens (tertiary/aromatic N) is 1. The number of hydrogen-bond acceptors (Lipinski definition) is 4. The number of benzene rings is 3. The van der Waals surface area contributed by atoms with Gasteiger partial charge in [0.2, 0.25) is 10.0 Å². The van der Waals surface area contributed by atoms with Gasteiger partial charge in [0.1, 0.15) is 0 Å². The van der Waals surface area contributed by atoms with Gasteiger partial charge >= 0.3 is 6.09 Å². The highest BCUT2D eigenvalue weighted by molar-refractivity contribution is 7.89. The van der Waals surface area contributed by atoms with Crippen molar-refractivity contribution < 1.29 is 23.1 Å². The lowest BCUT2D eigenvalue weighted by Gasteiger charge is -2.30. The standard InChI is InChI=1S/C23H23N3O5S/c27-22(17-5-2-1-3-6-17)24-21-8-4-7-16-9-10-19(15-20(16)21)32(30,31)25-18-11-13-26(14-12-18)23(28)29/h1-10,15,18,25H,11-14H2,(H,24,27)(H,28,29). The zero-order valence-corrected chi connectivity index (χ0v) is 18.0. The van der Waals surface area contributed by atoms with Crippen molar-refractivity contribution in [3.8, 4) is 0 Å². The van der Waals surface area contributed by atoms with Crippen molar-refractivity contribution in [2.24, 2.45) is 0 Å². The fourth-order valence-electron chi connectivity index (χ4n) is 3.79. The summed E-state index contributed by atoms with van der Waals surface area (Å²) in [7, 11) is -3.82. The van der Waals surface area contributed by atoms with Crippen LogP contribution in [-0.4, -0.2) is 49.6 Å². The van der Waals surface area contributed by atoms with Crippen LogP contribution in [0.15, 0.2) is 71.6 Å². The first kappa shape index (κ1) is 21.8. The molecule has 1 aliphatic heterocycles. The zero-order valence-electron chi connectivity index (χ0n) is 17.2. The Bertz CT molecular complexity index is 1250. The second-order valence-corrected chi connectivity index (χ2v) is 9.39. The van der Waals surface area contributed by atoms with Gasteiger partial charge in [0.15, 0.2) is 0 Å². The number of amides is 2. The van der Waals surface area contributed by atoms with E-state index >= 15 is 0 Å². The monoisotopic (exact) mass is 453 g/mol. The fourth-order valence-corrected chi connectivity index (χ4v) is 5.12. The number of anilines is 1. The Morgan fingerprint density at radius 2 is 1.66 bits per heavy atom. The SMILES string of the molecule is O=C(Nc1cccc2ccc(S(=O)(=O)NC3CCN(C(=O)O)CC3)cc12)c1ccccc1. The molecule has 1 heterocycles. The van der Waals surface area contributed by atoms with Crippen LogP contribution >= 0.6 is 0 Å². The minimum atomic E-state index is -3.82. The molecule has 0 radical (unpaired) electrons. The summed E-state index contributed by atoms with van der Waals surface area (Å²) in [6, 6.07) is 18.6. The summed E-state index contributed by atoms with van der Waals surface area (Å²) < 4.78 is 28.7. The molecule has 3 aromatic carbocycles. The summed E-state index contributed by atoms with van der Waals surface area (Å²) in [5.41, 5.74) is 1.02. The average molecular weight is 454 g/mol. The molecular weight excluding hydrogens is 430 g/mol. The van der Waals surface area contributed by atoms with Gasteiger partial charge in [-0.2, -0.15) is 0 Å². The second-order valence-electron chi connectivity index (χ2n) is 7.67. The molecule has 4 rings (SSSR count). The maximum atomic E-state index is 13.0. The van der Waals surface area contributed by atoms with Crippen LogP contribution in [-0.2, 0) is 10.0 Å². The first-order valence-corrected chi connectivity index (χ1v) is 11.7. The number of nitrogens with one attached hydrogen (secondary N) is 2. The molecule has 1 aliphatic rings. The van der Waals surface area contributed by atoms with E-state index in [-0.39, 0.29) is 29.9 Å². The lowest BCUT2D eigenvalue weighted by atomic mass is 10.1. The Kier molecular flexibility index (Phi) is 6.11. The first-order chi connectivity index (χ1) is 15.3. The summed E-state index contributed by atoms with van der Waals surface area (Å²) in [4.78, 5) is 25.0. The number of likely N-dealkylation sites (tertiary alicyclic amines) is 1. The molecule has 3 aromatic rings. The number of piperidine rings is 1. The van der Waals surface area contributed by atoms with Crippen LogP contribution in [0.4, 0.5) is 10.5 Å². The van der Waals surface area contributed by atoms with Gasteiger partial charge in [-0.1, -0.05) is 36.4 Å². The smallest absolute Gasteiger partial charge is 0.407 e. The topological polar surface area (TPSA) is 116 Å². The van der Waals surface area contributed by atoms with Crippen LogP contribution in [0.5, 0.6) is 0 Å². The highest BCUT2D eigenvalue weighted by Crippen LogP contribution is 2.27. The molecule has 2 amide bonds. The molecule has 8 nitrogen and oxygen atoms in total. The van der Waals surface area contributed by atoms with Gasteiger partial charge < -0.3 is 15.3 Å². The van der Waals surface area contributed by atoms with Gasteiger partial charge in [-0.05, 0) is 48.6 Å². The van der Waals surface area contributed by atoms with E-state index in [1.54, 1.807) is 48.5 Å². The molecule has 0 atom stereocenters. The Balaban J connectivity index is 1.56. The summed E-state index contributed by atoms with van der Waals surface area (Å²) in [5.74, 6) is -0.283. The van der Waals surface area contributed by atoms with Crippen LogP contribution in [0.3, 0.4) is 0 Å². The first-order valence-electron chi connectivity index (χ1n) is 10.2. The van der Waals surface area contributed by atoms with Gasteiger partial charge in [-0.15, -0.1) is 0 Å². The van der Waals surface area contributed by atoms with Gasteiger partial charge in [0, 0.05) is 35.8 Å². The van der Waals surface area contributed by atoms with Crippen LogP contribution < -0.4 is 10.0 Å². The Hall–Kier alpha value is -3.43. The number of fused-ring (bicyclic) bond motifs is 1. The number of carbonyl (C=O) groups is 2. The van der Waals surface area contributed by atoms with Crippen molar-refractivity contribution in [2.45, 2.75) is 23.8 Å². The van der Waals surface area contributed by atoms with Crippen LogP contribution in [0, 0.1) is 0 Å². The van der Waals surface area contributed by atoms with Crippen molar-refractivity contribution in [1.82, 2.24) is 9.62 Å². The molecule has 0 unspecified atom stereocenters. The van der Waals surface area contributed by atoms with E-state index in [2.05, 4.69) is 10.0 Å². The average Bonchev–Trinajstić information content (AvgIpc) is 2.79. The van der Waals surface area contributed by atoms with Gasteiger partial charge in [0.25, 0.3) is 5.91 Å². The summed E-state index contributed by atoms with van der Waals surface area (Å²) in [5, 5.41) is 13.3. The Labute approximate surface area is 185 Å². The molecule has 0 spiro atoms. The fraction of sp³-hybridized carbons (Fsp3) is 0.217. The number of hydrogen-bond donors (Lipinski definition) is 3. The minimum absolute atomic E-state index is 0.0899. The number of carbonyl (C=O) groups excluding carboxylic acids is 1. The Morgan fingerprint density at radius 1 is 0.938 bits per heavy atom. The number of rotatable bonds is 5. The van der Waals surface area contributed by atoms with E-state index in [1.807, 2.05) is 12.1 Å². The van der Waals surface area contributed by atoms with Gasteiger partial charge in [-0.25, -0.2) is 17.9 Å². The molecule has 1 fully saturated rings. The van der Waals surface area contributed by atoms with E-state index in [9.17, 15) is 18.0 Å². The molecule has 0 aliphatic carbocycles. The molecule has 32 heavy (non-hydrogen) atoms. The Morgan fingerprint density at radius 3 is 2.34 bits per heavy atom. The molecule has 0 bridgehead atoms. The van der Waals surface area contributed by atoms with Crippen LogP contribution in [0.1, 0.15) is 23.2 Å². The normalized spacial score (nSPS) is 14.9. The maximum absolute atomic E-state index is 13.0. The minimum Gasteiger partial charge on any atom is -0.465 e. The van der Waals surface area contributed by atoms with Gasteiger partial charge in [0.05, 0.1) is 4.90 Å². The third-order valence-electron chi connectivity index (χ3n) is 5.54. The van der Waals surface area contributed by atoms with Crippen molar-refractivity contribution in [1.29, 1.82) is 0 Å². The zero-order chi connectivity index (χ0) is 22.7. The quantitative estimate of drug-likeness (QED) is 0.547. The summed E-state index contributed by atoms with van der Waals surface area (Å²) >= 11 is 0. The predicted molar refractivity (Wildman–Crippen MR) is 121 cm³/mol. The predicted octanol–water partition coefficient (Wildman–Crippen LogP) is 3.51. The highest BCUT2D eigenvalue weighted by atomic mass is 32.2. The number of carboxylic acid groups (broad SMARTS) is 1. The number of sulfonamides is 1. The van der Waals surface area contributed by atoms with E-state index in [0.717, 1.165) is 5.39 Å². The second kappa shape index (κ2) is 8.97. The lowest BCUT2D eigenvalue weighted by molar-refractivity contribution is 0.102. The largest absolute Gasteiger partial charge is 0.465 e. The van der Waals surface area contributed by atoms with Gasteiger partial charge in [-0.3, -0.25) is 4.79 Å². The highest BCUT2D eigenvalue weighted by Gasteiger charge is 2.26. The van der Waals surface area contributed by atoms with Crippen molar-refractivity contribution in [3.05, 3.63) is 72.3 Å². The van der Waals surface area contributed by atoms with E-state index in [1.165, 1.54) is 11.0 Å². The molecule has 9 heteroatoms. The molecule has 3 N–H and O–H groups in total. The molecule has 0 saturated carbocycles. The van der Waals surface area contributed by atoms with Crippen LogP contribution in [0.25, 0.3) is 10.8 Å². The van der Waals surface area contributed by atoms with E-state index in [4.69, 9.17) is 5.11 Å². The van der Waals surface area contributed by atoms with E-state index < -0.39 is 16.1 Å². The molecular formula is C23H23N3O5S. The summed E-state index contributed by atoms with van der Waals surface area (Å²) in [6.45, 7) is 0.575. The molecule has 166 valence electrons.